The normalized spacial score (nSPS) is 13.0. The van der Waals surface area contributed by atoms with Crippen LogP contribution in [-0.2, 0) is 13.6 Å². The first-order chi connectivity index (χ1) is 10.2. The van der Waals surface area contributed by atoms with Crippen LogP contribution in [0.2, 0.25) is 0 Å². The molecular formula is C16H19N3O2. The molecule has 0 spiro atoms. The number of nitrogens with zero attached hydrogens (tertiary/aromatic N) is 1. The second kappa shape index (κ2) is 5.52. The van der Waals surface area contributed by atoms with E-state index < -0.39 is 0 Å². The van der Waals surface area contributed by atoms with Crippen molar-refractivity contribution in [2.75, 3.05) is 18.5 Å². The number of hydrogen-bond acceptors (Lipinski definition) is 3. The molecule has 0 saturated heterocycles. The van der Waals surface area contributed by atoms with Gasteiger partial charge in [-0.05, 0) is 31.2 Å². The number of aromatic nitrogens is 1. The van der Waals surface area contributed by atoms with E-state index in [1.807, 2.05) is 38.2 Å². The van der Waals surface area contributed by atoms with Crippen molar-refractivity contribution >= 4 is 11.6 Å². The quantitative estimate of drug-likeness (QED) is 0.907. The largest absolute Gasteiger partial charge is 0.489 e. The van der Waals surface area contributed by atoms with Crippen LogP contribution in [-0.4, -0.2) is 23.6 Å². The third-order valence-corrected chi connectivity index (χ3v) is 3.83. The molecule has 1 aromatic carbocycles. The number of para-hydroxylation sites is 1. The van der Waals surface area contributed by atoms with E-state index in [-0.39, 0.29) is 5.91 Å². The molecule has 0 saturated carbocycles. The van der Waals surface area contributed by atoms with Gasteiger partial charge in [0.2, 0.25) is 0 Å². The maximum atomic E-state index is 12.4. The second-order valence-corrected chi connectivity index (χ2v) is 5.17. The van der Waals surface area contributed by atoms with Crippen LogP contribution in [0, 0.1) is 6.92 Å². The standard InChI is InChI=1S/C16H19N3O2/c1-11-6-7-12(19(11)2)10-18-16(20)13-4-3-5-14-15(13)21-9-8-17-14/h3-7,17H,8-10H2,1-2H3,(H,18,20). The SMILES string of the molecule is Cc1ccc(CNC(=O)c2cccc3c2OCCN3)n1C. The molecule has 21 heavy (non-hydrogen) atoms. The minimum atomic E-state index is -0.116. The molecule has 0 unspecified atom stereocenters. The zero-order valence-corrected chi connectivity index (χ0v) is 12.3. The van der Waals surface area contributed by atoms with E-state index in [2.05, 4.69) is 15.2 Å². The van der Waals surface area contributed by atoms with Gasteiger partial charge in [-0.15, -0.1) is 0 Å². The highest BCUT2D eigenvalue weighted by atomic mass is 16.5. The number of aryl methyl sites for hydroxylation is 1. The van der Waals surface area contributed by atoms with Gasteiger partial charge < -0.3 is 19.9 Å². The third kappa shape index (κ3) is 2.59. The molecule has 0 aliphatic carbocycles. The number of fused-ring (bicyclic) bond motifs is 1. The Balaban J connectivity index is 1.75. The first kappa shape index (κ1) is 13.5. The molecule has 0 fully saturated rings. The lowest BCUT2D eigenvalue weighted by Gasteiger charge is -2.21. The summed E-state index contributed by atoms with van der Waals surface area (Å²) in [5, 5.41) is 6.19. The van der Waals surface area contributed by atoms with Crippen LogP contribution in [0.5, 0.6) is 5.75 Å². The first-order valence-corrected chi connectivity index (χ1v) is 7.06. The van der Waals surface area contributed by atoms with Gasteiger partial charge in [-0.1, -0.05) is 6.07 Å². The van der Waals surface area contributed by atoms with E-state index in [1.54, 1.807) is 6.07 Å². The summed E-state index contributed by atoms with van der Waals surface area (Å²) in [6.45, 7) is 3.88. The zero-order valence-electron chi connectivity index (χ0n) is 12.3. The molecule has 1 aromatic heterocycles. The molecule has 3 rings (SSSR count). The minimum Gasteiger partial charge on any atom is -0.489 e. The van der Waals surface area contributed by atoms with Gasteiger partial charge in [0.15, 0.2) is 5.75 Å². The van der Waals surface area contributed by atoms with E-state index >= 15 is 0 Å². The maximum Gasteiger partial charge on any atom is 0.255 e. The molecule has 110 valence electrons. The molecule has 2 N–H and O–H groups in total. The van der Waals surface area contributed by atoms with Crippen LogP contribution in [0.25, 0.3) is 0 Å². The van der Waals surface area contributed by atoms with E-state index in [1.165, 1.54) is 5.69 Å². The zero-order chi connectivity index (χ0) is 14.8. The van der Waals surface area contributed by atoms with E-state index in [9.17, 15) is 4.79 Å². The number of rotatable bonds is 3. The number of carbonyl (C=O) groups excluding carboxylic acids is 1. The highest BCUT2D eigenvalue weighted by Gasteiger charge is 2.18. The number of nitrogens with one attached hydrogen (secondary N) is 2. The van der Waals surface area contributed by atoms with Crippen LogP contribution < -0.4 is 15.4 Å². The molecule has 0 atom stereocenters. The first-order valence-electron chi connectivity index (χ1n) is 7.06. The summed E-state index contributed by atoms with van der Waals surface area (Å²) in [4.78, 5) is 12.4. The Bertz CT molecular complexity index is 676. The Morgan fingerprint density at radius 2 is 2.24 bits per heavy atom. The van der Waals surface area contributed by atoms with Gasteiger partial charge in [0.05, 0.1) is 17.8 Å². The number of hydrogen-bond donors (Lipinski definition) is 2. The fraction of sp³-hybridized carbons (Fsp3) is 0.312. The van der Waals surface area contributed by atoms with E-state index in [0.717, 1.165) is 17.9 Å². The maximum absolute atomic E-state index is 12.4. The van der Waals surface area contributed by atoms with Crippen molar-refractivity contribution in [3.8, 4) is 5.75 Å². The van der Waals surface area contributed by atoms with Crippen molar-refractivity contribution in [1.29, 1.82) is 0 Å². The predicted molar refractivity (Wildman–Crippen MR) is 81.7 cm³/mol. The van der Waals surface area contributed by atoms with Crippen molar-refractivity contribution in [2.24, 2.45) is 7.05 Å². The minimum absolute atomic E-state index is 0.116. The van der Waals surface area contributed by atoms with Crippen LogP contribution in [0.15, 0.2) is 30.3 Å². The summed E-state index contributed by atoms with van der Waals surface area (Å²) in [5.41, 5.74) is 3.70. The van der Waals surface area contributed by atoms with Gasteiger partial charge in [-0.25, -0.2) is 0 Å². The average Bonchev–Trinajstić information content (AvgIpc) is 2.84. The van der Waals surface area contributed by atoms with Crippen molar-refractivity contribution in [1.82, 2.24) is 9.88 Å². The van der Waals surface area contributed by atoms with Gasteiger partial charge in [-0.2, -0.15) is 0 Å². The van der Waals surface area contributed by atoms with Gasteiger partial charge in [0, 0.05) is 25.0 Å². The highest BCUT2D eigenvalue weighted by Crippen LogP contribution is 2.31. The van der Waals surface area contributed by atoms with Gasteiger partial charge in [0.25, 0.3) is 5.91 Å². The molecule has 5 nitrogen and oxygen atoms in total. The topological polar surface area (TPSA) is 55.3 Å². The summed E-state index contributed by atoms with van der Waals surface area (Å²) in [7, 11) is 1.99. The third-order valence-electron chi connectivity index (χ3n) is 3.83. The van der Waals surface area contributed by atoms with Gasteiger partial charge in [-0.3, -0.25) is 4.79 Å². The summed E-state index contributed by atoms with van der Waals surface area (Å²) in [5.74, 6) is 0.527. The Hall–Kier alpha value is -2.43. The Morgan fingerprint density at radius 3 is 3.00 bits per heavy atom. The molecule has 0 bridgehead atoms. The predicted octanol–water partition coefficient (Wildman–Crippen LogP) is 2.07. The van der Waals surface area contributed by atoms with Crippen LogP contribution in [0.4, 0.5) is 5.69 Å². The Morgan fingerprint density at radius 1 is 1.38 bits per heavy atom. The number of benzene rings is 1. The molecular weight excluding hydrogens is 266 g/mol. The lowest BCUT2D eigenvalue weighted by Crippen LogP contribution is -2.26. The summed E-state index contributed by atoms with van der Waals surface area (Å²) in [6.07, 6.45) is 0. The Kier molecular flexibility index (Phi) is 3.56. The van der Waals surface area contributed by atoms with Crippen molar-refractivity contribution in [2.45, 2.75) is 13.5 Å². The lowest BCUT2D eigenvalue weighted by molar-refractivity contribution is 0.0946. The molecule has 5 heteroatoms. The van der Waals surface area contributed by atoms with Gasteiger partial charge in [0.1, 0.15) is 6.61 Å². The number of carbonyl (C=O) groups is 1. The fourth-order valence-electron chi connectivity index (χ4n) is 2.46. The number of amides is 1. The van der Waals surface area contributed by atoms with Crippen LogP contribution in [0.3, 0.4) is 0 Å². The molecule has 1 amide bonds. The lowest BCUT2D eigenvalue weighted by atomic mass is 10.1. The monoisotopic (exact) mass is 285 g/mol. The van der Waals surface area contributed by atoms with Gasteiger partial charge >= 0.3 is 0 Å². The molecule has 1 aliphatic heterocycles. The number of anilines is 1. The Labute approximate surface area is 123 Å². The summed E-state index contributed by atoms with van der Waals surface area (Å²) < 4.78 is 7.70. The molecule has 0 radical (unpaired) electrons. The van der Waals surface area contributed by atoms with Crippen LogP contribution in [0.1, 0.15) is 21.7 Å². The van der Waals surface area contributed by atoms with Crippen molar-refractivity contribution < 1.29 is 9.53 Å². The average molecular weight is 285 g/mol. The fourth-order valence-corrected chi connectivity index (χ4v) is 2.46. The van der Waals surface area contributed by atoms with E-state index in [0.29, 0.717) is 24.5 Å². The summed E-state index contributed by atoms with van der Waals surface area (Å²) in [6, 6.07) is 9.64. The second-order valence-electron chi connectivity index (χ2n) is 5.17. The summed E-state index contributed by atoms with van der Waals surface area (Å²) >= 11 is 0. The molecule has 2 heterocycles. The number of ether oxygens (including phenoxy) is 1. The smallest absolute Gasteiger partial charge is 0.255 e. The van der Waals surface area contributed by atoms with Crippen LogP contribution >= 0.6 is 0 Å². The highest BCUT2D eigenvalue weighted by molar-refractivity contribution is 5.98. The molecule has 1 aliphatic rings. The molecule has 2 aromatic rings. The van der Waals surface area contributed by atoms with E-state index in [4.69, 9.17) is 4.74 Å². The van der Waals surface area contributed by atoms with Crippen molar-refractivity contribution in [3.63, 3.8) is 0 Å². The van der Waals surface area contributed by atoms with Crippen molar-refractivity contribution in [3.05, 3.63) is 47.3 Å².